The maximum atomic E-state index is 4.55. The number of nitrogens with zero attached hydrogens (tertiary/aromatic N) is 2. The Kier molecular flexibility index (Phi) is 2.09. The molecule has 0 unspecified atom stereocenters. The van der Waals surface area contributed by atoms with E-state index in [1.807, 2.05) is 7.05 Å². The summed E-state index contributed by atoms with van der Waals surface area (Å²) in [4.78, 5) is 8.20. The molecule has 0 saturated carbocycles. The molecule has 0 aliphatic carbocycles. The van der Waals surface area contributed by atoms with Crippen LogP contribution in [-0.2, 0) is 0 Å². The Hall–Kier alpha value is -1.16. The number of amidine groups is 1. The van der Waals surface area contributed by atoms with Gasteiger partial charge in [0.05, 0.1) is 5.69 Å². The lowest BCUT2D eigenvalue weighted by atomic mass is 10.2. The molecule has 1 aromatic carbocycles. The molecule has 2 heterocycles. The monoisotopic (exact) mass is 219 g/mol. The summed E-state index contributed by atoms with van der Waals surface area (Å²) >= 11 is 1.79. The summed E-state index contributed by atoms with van der Waals surface area (Å²) in [7, 11) is 1.95. The van der Waals surface area contributed by atoms with E-state index < -0.39 is 0 Å². The van der Waals surface area contributed by atoms with Gasteiger partial charge in [-0.25, -0.2) is 0 Å². The number of benzene rings is 1. The van der Waals surface area contributed by atoms with Gasteiger partial charge in [-0.2, -0.15) is 0 Å². The smallest absolute Gasteiger partial charge is 0.168 e. The van der Waals surface area contributed by atoms with Gasteiger partial charge in [0.25, 0.3) is 0 Å². The van der Waals surface area contributed by atoms with Crippen molar-refractivity contribution in [3.8, 4) is 0 Å². The van der Waals surface area contributed by atoms with Crippen LogP contribution in [0.2, 0.25) is 0 Å². The number of hydrogen-bond acceptors (Lipinski definition) is 4. The minimum atomic E-state index is 0.978. The summed E-state index contributed by atoms with van der Waals surface area (Å²) in [6.07, 6.45) is 1.16. The standard InChI is InChI=1S/C11H13N3S/c1-12-8-3-4-10-9(7-8)14-6-2-5-13-11(14)15-10/h3-4,7,12H,2,5-6H2,1H3. The second-order valence-electron chi connectivity index (χ2n) is 3.70. The molecular formula is C11H13N3S. The second-order valence-corrected chi connectivity index (χ2v) is 4.71. The molecule has 0 aromatic heterocycles. The van der Waals surface area contributed by atoms with Crippen LogP contribution in [0.25, 0.3) is 0 Å². The molecule has 0 radical (unpaired) electrons. The van der Waals surface area contributed by atoms with Gasteiger partial charge in [-0.15, -0.1) is 0 Å². The molecule has 1 aromatic rings. The van der Waals surface area contributed by atoms with Crippen molar-refractivity contribution in [2.75, 3.05) is 30.4 Å². The molecule has 2 aliphatic rings. The summed E-state index contributed by atoms with van der Waals surface area (Å²) in [6.45, 7) is 2.08. The minimum Gasteiger partial charge on any atom is -0.388 e. The largest absolute Gasteiger partial charge is 0.388 e. The molecule has 0 amide bonds. The summed E-state index contributed by atoms with van der Waals surface area (Å²) < 4.78 is 0. The summed E-state index contributed by atoms with van der Waals surface area (Å²) in [5.74, 6) is 0. The van der Waals surface area contributed by atoms with Crippen LogP contribution in [0.15, 0.2) is 28.1 Å². The second kappa shape index (κ2) is 3.45. The van der Waals surface area contributed by atoms with Gasteiger partial charge in [-0.1, -0.05) is 0 Å². The highest BCUT2D eigenvalue weighted by atomic mass is 32.2. The third kappa shape index (κ3) is 1.40. The molecule has 0 atom stereocenters. The van der Waals surface area contributed by atoms with Gasteiger partial charge in [0.2, 0.25) is 0 Å². The molecule has 3 rings (SSSR count). The van der Waals surface area contributed by atoms with E-state index in [1.165, 1.54) is 21.4 Å². The van der Waals surface area contributed by atoms with E-state index in [0.29, 0.717) is 0 Å². The maximum absolute atomic E-state index is 4.55. The van der Waals surface area contributed by atoms with Crippen LogP contribution in [0, 0.1) is 0 Å². The number of hydrogen-bond donors (Lipinski definition) is 1. The van der Waals surface area contributed by atoms with E-state index in [9.17, 15) is 0 Å². The summed E-state index contributed by atoms with van der Waals surface area (Å²) in [5.41, 5.74) is 2.48. The van der Waals surface area contributed by atoms with E-state index in [1.54, 1.807) is 11.8 Å². The number of thioether (sulfide) groups is 1. The van der Waals surface area contributed by atoms with Crippen LogP contribution in [0.3, 0.4) is 0 Å². The van der Waals surface area contributed by atoms with Crippen molar-refractivity contribution in [3.05, 3.63) is 18.2 Å². The Morgan fingerprint density at radius 3 is 3.27 bits per heavy atom. The van der Waals surface area contributed by atoms with E-state index >= 15 is 0 Å². The maximum Gasteiger partial charge on any atom is 0.168 e. The lowest BCUT2D eigenvalue weighted by Gasteiger charge is -2.22. The zero-order chi connectivity index (χ0) is 10.3. The SMILES string of the molecule is CNc1ccc2c(c1)N1CCCN=C1S2. The zero-order valence-electron chi connectivity index (χ0n) is 8.66. The number of fused-ring (bicyclic) bond motifs is 3. The van der Waals surface area contributed by atoms with Crippen molar-refractivity contribution < 1.29 is 0 Å². The van der Waals surface area contributed by atoms with Crippen molar-refractivity contribution in [2.24, 2.45) is 4.99 Å². The van der Waals surface area contributed by atoms with Gasteiger partial charge >= 0.3 is 0 Å². The molecule has 3 nitrogen and oxygen atoms in total. The van der Waals surface area contributed by atoms with E-state index in [2.05, 4.69) is 33.4 Å². The number of nitrogens with one attached hydrogen (secondary N) is 1. The van der Waals surface area contributed by atoms with E-state index in [-0.39, 0.29) is 0 Å². The number of anilines is 2. The highest BCUT2D eigenvalue weighted by Gasteiger charge is 2.28. The molecule has 1 N–H and O–H groups in total. The third-order valence-electron chi connectivity index (χ3n) is 2.76. The van der Waals surface area contributed by atoms with Crippen LogP contribution in [0.1, 0.15) is 6.42 Å². The van der Waals surface area contributed by atoms with Crippen molar-refractivity contribution in [1.82, 2.24) is 0 Å². The van der Waals surface area contributed by atoms with Gasteiger partial charge in [-0.05, 0) is 36.4 Å². The van der Waals surface area contributed by atoms with Crippen molar-refractivity contribution in [1.29, 1.82) is 0 Å². The van der Waals surface area contributed by atoms with E-state index in [4.69, 9.17) is 0 Å². The van der Waals surface area contributed by atoms with Gasteiger partial charge in [-0.3, -0.25) is 4.99 Å². The fourth-order valence-electron chi connectivity index (χ4n) is 1.96. The molecule has 78 valence electrons. The molecule has 4 heteroatoms. The van der Waals surface area contributed by atoms with Crippen LogP contribution >= 0.6 is 11.8 Å². The van der Waals surface area contributed by atoms with Crippen LogP contribution in [-0.4, -0.2) is 25.3 Å². The minimum absolute atomic E-state index is 0.978. The first-order valence-corrected chi connectivity index (χ1v) is 6.02. The first-order valence-electron chi connectivity index (χ1n) is 5.20. The lowest BCUT2D eigenvalue weighted by Crippen LogP contribution is -2.30. The first-order chi connectivity index (χ1) is 7.38. The van der Waals surface area contributed by atoms with Gasteiger partial charge < -0.3 is 10.2 Å². The van der Waals surface area contributed by atoms with Crippen molar-refractivity contribution >= 4 is 28.3 Å². The molecule has 0 fully saturated rings. The Morgan fingerprint density at radius 2 is 2.40 bits per heavy atom. The lowest BCUT2D eigenvalue weighted by molar-refractivity contribution is 0.798. The first kappa shape index (κ1) is 9.09. The number of aliphatic imine (C=N–C) groups is 1. The van der Waals surface area contributed by atoms with Gasteiger partial charge in [0, 0.05) is 30.7 Å². The molecule has 0 saturated heterocycles. The van der Waals surface area contributed by atoms with Gasteiger partial charge in [0.1, 0.15) is 0 Å². The normalized spacial score (nSPS) is 18.2. The van der Waals surface area contributed by atoms with Gasteiger partial charge in [0.15, 0.2) is 5.17 Å². The van der Waals surface area contributed by atoms with Crippen LogP contribution in [0.4, 0.5) is 11.4 Å². The topological polar surface area (TPSA) is 27.6 Å². The number of rotatable bonds is 1. The molecule has 0 spiro atoms. The third-order valence-corrected chi connectivity index (χ3v) is 3.85. The average molecular weight is 219 g/mol. The fraction of sp³-hybridized carbons (Fsp3) is 0.364. The van der Waals surface area contributed by atoms with Crippen molar-refractivity contribution in [2.45, 2.75) is 11.3 Å². The van der Waals surface area contributed by atoms with Crippen LogP contribution in [0.5, 0.6) is 0 Å². The summed E-state index contributed by atoms with van der Waals surface area (Å²) in [6, 6.07) is 6.49. The Bertz CT molecular complexity index is 428. The predicted octanol–water partition coefficient (Wildman–Crippen LogP) is 2.40. The highest BCUT2D eigenvalue weighted by Crippen LogP contribution is 2.42. The Balaban J connectivity index is 2.06. The quantitative estimate of drug-likeness (QED) is 0.786. The molecule has 0 bridgehead atoms. The molecular weight excluding hydrogens is 206 g/mol. The Labute approximate surface area is 93.6 Å². The molecule has 2 aliphatic heterocycles. The van der Waals surface area contributed by atoms with Crippen LogP contribution < -0.4 is 10.2 Å². The molecule has 15 heavy (non-hydrogen) atoms. The predicted molar refractivity (Wildman–Crippen MR) is 66.1 cm³/mol. The van der Waals surface area contributed by atoms with Crippen molar-refractivity contribution in [3.63, 3.8) is 0 Å². The average Bonchev–Trinajstić information content (AvgIpc) is 2.66. The highest BCUT2D eigenvalue weighted by molar-refractivity contribution is 8.14. The summed E-state index contributed by atoms with van der Waals surface area (Å²) in [5, 5.41) is 4.35. The zero-order valence-corrected chi connectivity index (χ0v) is 9.47. The Morgan fingerprint density at radius 1 is 1.47 bits per heavy atom. The van der Waals surface area contributed by atoms with E-state index in [0.717, 1.165) is 19.5 Å². The fourth-order valence-corrected chi connectivity index (χ4v) is 3.03.